The average Bonchev–Trinajstić information content (AvgIpc) is 2.64. The topological polar surface area (TPSA) is 41.6 Å². The second-order valence-electron chi connectivity index (χ2n) is 6.14. The number of nitrogens with zero attached hydrogens (tertiary/aromatic N) is 1. The molecule has 0 spiro atoms. The summed E-state index contributed by atoms with van der Waals surface area (Å²) in [6.45, 7) is 2.17. The molecule has 1 aliphatic heterocycles. The smallest absolute Gasteiger partial charge is 0.251 e. The number of carbonyl (C=O) groups excluding carboxylic acids is 1. The van der Waals surface area contributed by atoms with Crippen LogP contribution in [0.3, 0.4) is 0 Å². The number of rotatable bonds is 5. The summed E-state index contributed by atoms with van der Waals surface area (Å²) in [6, 6.07) is 11.6. The van der Waals surface area contributed by atoms with Crippen LogP contribution in [0.25, 0.3) is 0 Å². The van der Waals surface area contributed by atoms with Crippen LogP contribution >= 0.6 is 11.6 Å². The fourth-order valence-electron chi connectivity index (χ4n) is 2.89. The summed E-state index contributed by atoms with van der Waals surface area (Å²) in [5.74, 6) is 0.187. The lowest BCUT2D eigenvalue weighted by Crippen LogP contribution is -2.31. The highest BCUT2D eigenvalue weighted by Crippen LogP contribution is 2.28. The Morgan fingerprint density at radius 3 is 2.69 bits per heavy atom. The van der Waals surface area contributed by atoms with Gasteiger partial charge in [-0.2, -0.15) is 0 Å². The first-order valence-electron chi connectivity index (χ1n) is 8.36. The number of ether oxygens (including phenoxy) is 1. The standard InChI is InChI=1S/C20H20ClFN2O2/c1-26-19-7-4-16(21)12-18(19)23-20(25)15-8-10-24(11-9-15)13-14-2-5-17(22)6-3-14/h2-8,12H,9-11,13H2,1H3,(H,23,25). The van der Waals surface area contributed by atoms with Crippen LogP contribution in [0, 0.1) is 5.82 Å². The molecule has 4 nitrogen and oxygen atoms in total. The Morgan fingerprint density at radius 1 is 1.27 bits per heavy atom. The van der Waals surface area contributed by atoms with Crippen LogP contribution in [0.5, 0.6) is 5.75 Å². The molecule has 0 saturated carbocycles. The molecule has 0 fully saturated rings. The second-order valence-corrected chi connectivity index (χ2v) is 6.58. The number of hydrogen-bond acceptors (Lipinski definition) is 3. The molecule has 3 rings (SSSR count). The maximum atomic E-state index is 13.0. The van der Waals surface area contributed by atoms with Crippen molar-refractivity contribution in [1.82, 2.24) is 4.90 Å². The maximum absolute atomic E-state index is 13.0. The summed E-state index contributed by atoms with van der Waals surface area (Å²) < 4.78 is 18.2. The van der Waals surface area contributed by atoms with Crippen molar-refractivity contribution in [3.8, 4) is 5.75 Å². The van der Waals surface area contributed by atoms with Crippen molar-refractivity contribution in [1.29, 1.82) is 0 Å². The number of benzene rings is 2. The molecular weight excluding hydrogens is 355 g/mol. The van der Waals surface area contributed by atoms with E-state index in [1.165, 1.54) is 12.1 Å². The third-order valence-corrected chi connectivity index (χ3v) is 4.55. The quantitative estimate of drug-likeness (QED) is 0.850. The molecule has 0 aromatic heterocycles. The number of anilines is 1. The molecule has 2 aromatic carbocycles. The lowest BCUT2D eigenvalue weighted by atomic mass is 10.1. The van der Waals surface area contributed by atoms with Gasteiger partial charge in [-0.1, -0.05) is 29.8 Å². The molecule has 0 unspecified atom stereocenters. The van der Waals surface area contributed by atoms with Crippen LogP contribution in [-0.2, 0) is 11.3 Å². The third kappa shape index (κ3) is 4.62. The van der Waals surface area contributed by atoms with Gasteiger partial charge in [-0.25, -0.2) is 4.39 Å². The zero-order valence-electron chi connectivity index (χ0n) is 14.5. The van der Waals surface area contributed by atoms with Gasteiger partial charge in [0.1, 0.15) is 11.6 Å². The predicted molar refractivity (Wildman–Crippen MR) is 101 cm³/mol. The summed E-state index contributed by atoms with van der Waals surface area (Å²) in [5.41, 5.74) is 2.35. The van der Waals surface area contributed by atoms with Crippen molar-refractivity contribution < 1.29 is 13.9 Å². The zero-order valence-corrected chi connectivity index (χ0v) is 15.2. The lowest BCUT2D eigenvalue weighted by Gasteiger charge is -2.26. The molecule has 1 heterocycles. The average molecular weight is 375 g/mol. The Balaban J connectivity index is 1.61. The van der Waals surface area contributed by atoms with Crippen LogP contribution in [0.4, 0.5) is 10.1 Å². The van der Waals surface area contributed by atoms with Crippen LogP contribution < -0.4 is 10.1 Å². The van der Waals surface area contributed by atoms with E-state index in [0.29, 0.717) is 29.4 Å². The molecule has 6 heteroatoms. The number of halogens is 2. The van der Waals surface area contributed by atoms with E-state index in [4.69, 9.17) is 16.3 Å². The number of carbonyl (C=O) groups is 1. The van der Waals surface area contributed by atoms with Crippen LogP contribution in [0.2, 0.25) is 5.02 Å². The van der Waals surface area contributed by atoms with E-state index in [1.54, 1.807) is 37.4 Å². The second kappa shape index (κ2) is 8.34. The first-order valence-corrected chi connectivity index (χ1v) is 8.73. The lowest BCUT2D eigenvalue weighted by molar-refractivity contribution is -0.113. The van der Waals surface area contributed by atoms with Gasteiger partial charge in [0.25, 0.3) is 5.91 Å². The number of methoxy groups -OCH3 is 1. The molecule has 0 aliphatic carbocycles. The molecule has 136 valence electrons. The van der Waals surface area contributed by atoms with E-state index in [1.807, 2.05) is 6.08 Å². The van der Waals surface area contributed by atoms with Gasteiger partial charge in [0.15, 0.2) is 0 Å². The molecule has 0 saturated heterocycles. The molecular formula is C20H20ClFN2O2. The Labute approximate surface area is 157 Å². The molecule has 2 aromatic rings. The summed E-state index contributed by atoms with van der Waals surface area (Å²) in [7, 11) is 1.55. The SMILES string of the molecule is COc1ccc(Cl)cc1NC(=O)C1=CCN(Cc2ccc(F)cc2)CC1. The van der Waals surface area contributed by atoms with E-state index >= 15 is 0 Å². The van der Waals surface area contributed by atoms with Crippen molar-refractivity contribution in [2.75, 3.05) is 25.5 Å². The molecule has 0 atom stereocenters. The van der Waals surface area contributed by atoms with E-state index in [9.17, 15) is 9.18 Å². The van der Waals surface area contributed by atoms with E-state index in [-0.39, 0.29) is 11.7 Å². The minimum Gasteiger partial charge on any atom is -0.495 e. The normalized spacial score (nSPS) is 14.7. The largest absolute Gasteiger partial charge is 0.495 e. The number of hydrogen-bond donors (Lipinski definition) is 1. The Bertz CT molecular complexity index is 821. The van der Waals surface area contributed by atoms with Crippen LogP contribution in [0.1, 0.15) is 12.0 Å². The highest BCUT2D eigenvalue weighted by atomic mass is 35.5. The Hall–Kier alpha value is -2.37. The summed E-state index contributed by atoms with van der Waals surface area (Å²) in [6.07, 6.45) is 2.58. The summed E-state index contributed by atoms with van der Waals surface area (Å²) in [4.78, 5) is 14.7. The van der Waals surface area contributed by atoms with Crippen molar-refractivity contribution in [3.63, 3.8) is 0 Å². The summed E-state index contributed by atoms with van der Waals surface area (Å²) in [5, 5.41) is 3.40. The number of amides is 1. The van der Waals surface area contributed by atoms with Gasteiger partial charge < -0.3 is 10.1 Å². The van der Waals surface area contributed by atoms with E-state index in [2.05, 4.69) is 10.2 Å². The van der Waals surface area contributed by atoms with Crippen LogP contribution in [-0.4, -0.2) is 31.0 Å². The fourth-order valence-corrected chi connectivity index (χ4v) is 3.06. The molecule has 1 amide bonds. The van der Waals surface area contributed by atoms with E-state index < -0.39 is 0 Å². The highest BCUT2D eigenvalue weighted by molar-refractivity contribution is 6.31. The van der Waals surface area contributed by atoms with Gasteiger partial charge in [-0.3, -0.25) is 9.69 Å². The zero-order chi connectivity index (χ0) is 18.5. The fraction of sp³-hybridized carbons (Fsp3) is 0.250. The van der Waals surface area contributed by atoms with Gasteiger partial charge in [-0.05, 0) is 42.3 Å². The van der Waals surface area contributed by atoms with Crippen LogP contribution in [0.15, 0.2) is 54.1 Å². The van der Waals surface area contributed by atoms with Gasteiger partial charge in [0, 0.05) is 30.2 Å². The van der Waals surface area contributed by atoms with E-state index in [0.717, 1.165) is 24.2 Å². The number of nitrogens with one attached hydrogen (secondary N) is 1. The Kier molecular flexibility index (Phi) is 5.91. The molecule has 0 radical (unpaired) electrons. The summed E-state index contributed by atoms with van der Waals surface area (Å²) >= 11 is 6.00. The van der Waals surface area contributed by atoms with Gasteiger partial charge in [-0.15, -0.1) is 0 Å². The maximum Gasteiger partial charge on any atom is 0.251 e. The molecule has 1 N–H and O–H groups in total. The minimum absolute atomic E-state index is 0.146. The van der Waals surface area contributed by atoms with Crippen molar-refractivity contribution in [2.45, 2.75) is 13.0 Å². The Morgan fingerprint density at radius 2 is 2.04 bits per heavy atom. The third-order valence-electron chi connectivity index (χ3n) is 4.31. The molecule has 1 aliphatic rings. The molecule has 26 heavy (non-hydrogen) atoms. The van der Waals surface area contributed by atoms with Crippen molar-refractivity contribution >= 4 is 23.2 Å². The first-order chi connectivity index (χ1) is 12.5. The van der Waals surface area contributed by atoms with Crippen molar-refractivity contribution in [2.24, 2.45) is 0 Å². The van der Waals surface area contributed by atoms with Crippen molar-refractivity contribution in [3.05, 3.63) is 70.5 Å². The highest BCUT2D eigenvalue weighted by Gasteiger charge is 2.18. The first kappa shape index (κ1) is 18.4. The van der Waals surface area contributed by atoms with Gasteiger partial charge >= 0.3 is 0 Å². The molecule has 0 bridgehead atoms. The van der Waals surface area contributed by atoms with Gasteiger partial charge in [0.2, 0.25) is 0 Å². The van der Waals surface area contributed by atoms with Gasteiger partial charge in [0.05, 0.1) is 12.8 Å². The predicted octanol–water partition coefficient (Wildman–Crippen LogP) is 4.26. The minimum atomic E-state index is -0.234. The monoisotopic (exact) mass is 374 g/mol.